The molecule has 0 atom stereocenters. The van der Waals surface area contributed by atoms with Crippen molar-refractivity contribution < 1.29 is 4.74 Å². The summed E-state index contributed by atoms with van der Waals surface area (Å²) >= 11 is 1.72. The van der Waals surface area contributed by atoms with E-state index in [4.69, 9.17) is 4.74 Å². The Hall–Kier alpha value is -2.28. The van der Waals surface area contributed by atoms with Crippen molar-refractivity contribution in [2.75, 3.05) is 7.11 Å². The number of thiazole rings is 1. The molecule has 0 aliphatic rings. The summed E-state index contributed by atoms with van der Waals surface area (Å²) in [4.78, 5) is 5.99. The van der Waals surface area contributed by atoms with E-state index in [1.807, 2.05) is 12.1 Å². The summed E-state index contributed by atoms with van der Waals surface area (Å²) in [5.41, 5.74) is 3.38. The minimum atomic E-state index is 0.644. The van der Waals surface area contributed by atoms with Gasteiger partial charge in [-0.2, -0.15) is 4.80 Å². The third-order valence-electron chi connectivity index (χ3n) is 4.09. The van der Waals surface area contributed by atoms with Crippen LogP contribution in [-0.4, -0.2) is 32.3 Å². The molecule has 0 spiro atoms. The van der Waals surface area contributed by atoms with Gasteiger partial charge in [-0.05, 0) is 61.6 Å². The molecular weight excluding hydrogens is 334 g/mol. The van der Waals surface area contributed by atoms with E-state index in [0.717, 1.165) is 42.0 Å². The molecule has 132 valence electrons. The first kappa shape index (κ1) is 17.5. The highest BCUT2D eigenvalue weighted by Crippen LogP contribution is 2.26. The lowest BCUT2D eigenvalue weighted by Crippen LogP contribution is -1.95. The van der Waals surface area contributed by atoms with Crippen molar-refractivity contribution in [2.45, 2.75) is 39.0 Å². The molecule has 0 amide bonds. The fourth-order valence-electron chi connectivity index (χ4n) is 2.83. The number of nitrogens with zero attached hydrogens (tertiary/aromatic N) is 5. The molecule has 25 heavy (non-hydrogen) atoms. The monoisotopic (exact) mass is 357 g/mol. The van der Waals surface area contributed by atoms with Gasteiger partial charge in [-0.25, -0.2) is 4.98 Å². The van der Waals surface area contributed by atoms with Gasteiger partial charge in [-0.3, -0.25) is 0 Å². The normalized spacial score (nSPS) is 11.0. The molecule has 0 saturated heterocycles. The van der Waals surface area contributed by atoms with Crippen LogP contribution in [0.3, 0.4) is 0 Å². The zero-order valence-corrected chi connectivity index (χ0v) is 15.7. The summed E-state index contributed by atoms with van der Waals surface area (Å²) in [5.74, 6) is 1.56. The maximum absolute atomic E-state index is 5.50. The Morgan fingerprint density at radius 2 is 2.00 bits per heavy atom. The molecule has 0 radical (unpaired) electrons. The van der Waals surface area contributed by atoms with Crippen LogP contribution in [0.4, 0.5) is 0 Å². The number of aryl methyl sites for hydroxylation is 4. The summed E-state index contributed by atoms with van der Waals surface area (Å²) in [6.07, 6.45) is 5.50. The number of hydrogen-bond acceptors (Lipinski definition) is 6. The van der Waals surface area contributed by atoms with E-state index >= 15 is 0 Å². The molecule has 0 N–H and O–H groups in total. The summed E-state index contributed by atoms with van der Waals surface area (Å²) in [6, 6.07) is 6.07. The smallest absolute Gasteiger partial charge is 0.204 e. The topological polar surface area (TPSA) is 65.7 Å². The number of ether oxygens (including phenoxy) is 1. The quantitative estimate of drug-likeness (QED) is 0.576. The SMILES string of the molecule is COc1ccc(-c2nnn(C)n2)cc1CCCCCc1csc(C)n1. The van der Waals surface area contributed by atoms with E-state index in [1.54, 1.807) is 25.5 Å². The lowest BCUT2D eigenvalue weighted by molar-refractivity contribution is 0.409. The predicted molar refractivity (Wildman–Crippen MR) is 98.9 cm³/mol. The van der Waals surface area contributed by atoms with Crippen LogP contribution in [0.1, 0.15) is 35.5 Å². The molecule has 0 bridgehead atoms. The Kier molecular flexibility index (Phi) is 5.75. The van der Waals surface area contributed by atoms with Crippen LogP contribution >= 0.6 is 11.3 Å². The lowest BCUT2D eigenvalue weighted by atomic mass is 10.0. The Morgan fingerprint density at radius 1 is 1.16 bits per heavy atom. The highest BCUT2D eigenvalue weighted by molar-refractivity contribution is 7.09. The van der Waals surface area contributed by atoms with Gasteiger partial charge in [0.25, 0.3) is 0 Å². The third-order valence-corrected chi connectivity index (χ3v) is 4.91. The van der Waals surface area contributed by atoms with Gasteiger partial charge in [0.2, 0.25) is 5.82 Å². The molecule has 6 nitrogen and oxygen atoms in total. The molecule has 1 aromatic carbocycles. The second kappa shape index (κ2) is 8.20. The maximum atomic E-state index is 5.50. The molecule has 2 aromatic heterocycles. The number of tetrazole rings is 1. The highest BCUT2D eigenvalue weighted by Gasteiger charge is 2.09. The molecule has 0 aliphatic heterocycles. The molecule has 3 aromatic rings. The van der Waals surface area contributed by atoms with Crippen LogP contribution in [0, 0.1) is 6.92 Å². The van der Waals surface area contributed by atoms with E-state index < -0.39 is 0 Å². The maximum Gasteiger partial charge on any atom is 0.204 e. The Labute approximate surface area is 151 Å². The molecule has 0 saturated carbocycles. The molecular formula is C18H23N5OS. The van der Waals surface area contributed by atoms with Crippen LogP contribution in [-0.2, 0) is 19.9 Å². The Bertz CT molecular complexity index is 826. The minimum Gasteiger partial charge on any atom is -0.496 e. The number of aromatic nitrogens is 5. The largest absolute Gasteiger partial charge is 0.496 e. The molecule has 3 rings (SSSR count). The van der Waals surface area contributed by atoms with Crippen molar-refractivity contribution >= 4 is 11.3 Å². The highest BCUT2D eigenvalue weighted by atomic mass is 32.1. The minimum absolute atomic E-state index is 0.644. The number of hydrogen-bond donors (Lipinski definition) is 0. The molecule has 2 heterocycles. The van der Waals surface area contributed by atoms with Crippen molar-refractivity contribution in [1.82, 2.24) is 25.2 Å². The van der Waals surface area contributed by atoms with Crippen molar-refractivity contribution in [3.8, 4) is 17.1 Å². The zero-order valence-electron chi connectivity index (χ0n) is 14.9. The van der Waals surface area contributed by atoms with E-state index in [9.17, 15) is 0 Å². The predicted octanol–water partition coefficient (Wildman–Crippen LogP) is 3.61. The number of rotatable bonds is 8. The summed E-state index contributed by atoms with van der Waals surface area (Å²) in [5, 5.41) is 15.6. The second-order valence-electron chi connectivity index (χ2n) is 6.05. The van der Waals surface area contributed by atoms with Crippen molar-refractivity contribution in [1.29, 1.82) is 0 Å². The first-order valence-electron chi connectivity index (χ1n) is 8.48. The van der Waals surface area contributed by atoms with Gasteiger partial charge in [-0.1, -0.05) is 6.42 Å². The third kappa shape index (κ3) is 4.63. The van der Waals surface area contributed by atoms with Gasteiger partial charge in [-0.15, -0.1) is 21.5 Å². The van der Waals surface area contributed by atoms with Gasteiger partial charge >= 0.3 is 0 Å². The van der Waals surface area contributed by atoms with Crippen LogP contribution in [0.25, 0.3) is 11.4 Å². The lowest BCUT2D eigenvalue weighted by Gasteiger charge is -2.09. The number of benzene rings is 1. The molecule has 7 heteroatoms. The fraction of sp³-hybridized carbons (Fsp3) is 0.444. The molecule has 0 aliphatic carbocycles. The fourth-order valence-corrected chi connectivity index (χ4v) is 3.48. The van der Waals surface area contributed by atoms with Crippen molar-refractivity contribution in [3.63, 3.8) is 0 Å². The first-order chi connectivity index (χ1) is 12.2. The van der Waals surface area contributed by atoms with Crippen molar-refractivity contribution in [3.05, 3.63) is 39.8 Å². The zero-order chi connectivity index (χ0) is 17.6. The first-order valence-corrected chi connectivity index (χ1v) is 9.36. The average Bonchev–Trinajstić information content (AvgIpc) is 3.23. The van der Waals surface area contributed by atoms with Gasteiger partial charge in [0.1, 0.15) is 5.75 Å². The number of methoxy groups -OCH3 is 1. The summed E-state index contributed by atoms with van der Waals surface area (Å²) in [7, 11) is 3.48. The summed E-state index contributed by atoms with van der Waals surface area (Å²) in [6.45, 7) is 2.05. The molecule has 0 unspecified atom stereocenters. The van der Waals surface area contributed by atoms with Crippen LogP contribution < -0.4 is 4.74 Å². The van der Waals surface area contributed by atoms with E-state index in [2.05, 4.69) is 38.8 Å². The Morgan fingerprint density at radius 3 is 2.68 bits per heavy atom. The van der Waals surface area contributed by atoms with Gasteiger partial charge in [0.05, 0.1) is 24.9 Å². The van der Waals surface area contributed by atoms with E-state index in [-0.39, 0.29) is 0 Å². The van der Waals surface area contributed by atoms with Crippen LogP contribution in [0.2, 0.25) is 0 Å². The second-order valence-corrected chi connectivity index (χ2v) is 7.11. The summed E-state index contributed by atoms with van der Waals surface area (Å²) < 4.78 is 5.50. The number of unbranched alkanes of at least 4 members (excludes halogenated alkanes) is 2. The van der Waals surface area contributed by atoms with E-state index in [1.165, 1.54) is 22.5 Å². The van der Waals surface area contributed by atoms with Gasteiger partial charge < -0.3 is 4.74 Å². The van der Waals surface area contributed by atoms with E-state index in [0.29, 0.717) is 5.82 Å². The van der Waals surface area contributed by atoms with Crippen LogP contribution in [0.15, 0.2) is 23.6 Å². The van der Waals surface area contributed by atoms with Crippen LogP contribution in [0.5, 0.6) is 5.75 Å². The van der Waals surface area contributed by atoms with Gasteiger partial charge in [0.15, 0.2) is 0 Å². The Balaban J connectivity index is 1.57. The molecule has 0 fully saturated rings. The van der Waals surface area contributed by atoms with Crippen molar-refractivity contribution in [2.24, 2.45) is 7.05 Å². The average molecular weight is 357 g/mol. The van der Waals surface area contributed by atoms with Gasteiger partial charge in [0, 0.05) is 10.9 Å². The standard InChI is InChI=1S/C18H23N5OS/c1-13-19-16(12-25-13)8-6-4-5-7-14-11-15(9-10-17(14)24-3)18-20-22-23(2)21-18/h9-12H,4-8H2,1-3H3.